The van der Waals surface area contributed by atoms with Gasteiger partial charge in [0.1, 0.15) is 5.84 Å². The standard InChI is InChI=1S/C12H21N5O2S/c1-17-7-10(15-8-17)20(18,19)16-11(12(13)14)9-5-3-2-4-6-9/h7-9,11,16H,2-6H2,1H3,(H3,13,14). The fourth-order valence-electron chi connectivity index (χ4n) is 2.64. The Morgan fingerprint density at radius 1 is 1.50 bits per heavy atom. The Hall–Kier alpha value is -1.41. The molecule has 20 heavy (non-hydrogen) atoms. The van der Waals surface area contributed by atoms with Crippen LogP contribution in [0.3, 0.4) is 0 Å². The highest BCUT2D eigenvalue weighted by Gasteiger charge is 2.31. The van der Waals surface area contributed by atoms with Crippen LogP contribution in [0.25, 0.3) is 0 Å². The summed E-state index contributed by atoms with van der Waals surface area (Å²) < 4.78 is 28.6. The van der Waals surface area contributed by atoms with Crippen molar-refractivity contribution in [3.8, 4) is 0 Å². The van der Waals surface area contributed by atoms with Gasteiger partial charge in [0, 0.05) is 13.2 Å². The summed E-state index contributed by atoms with van der Waals surface area (Å²) in [5, 5.41) is 7.62. The topological polar surface area (TPSA) is 114 Å². The lowest BCUT2D eigenvalue weighted by Crippen LogP contribution is -2.49. The lowest BCUT2D eigenvalue weighted by molar-refractivity contribution is 0.328. The van der Waals surface area contributed by atoms with Gasteiger partial charge in [-0.15, -0.1) is 0 Å². The number of hydrogen-bond donors (Lipinski definition) is 3. The first-order valence-corrected chi connectivity index (χ1v) is 8.22. The number of aromatic nitrogens is 2. The molecule has 2 rings (SSSR count). The maximum atomic E-state index is 12.3. The van der Waals surface area contributed by atoms with Gasteiger partial charge in [0.25, 0.3) is 10.0 Å². The van der Waals surface area contributed by atoms with Crippen LogP contribution in [0, 0.1) is 11.3 Å². The van der Waals surface area contributed by atoms with Crippen LogP contribution in [0.5, 0.6) is 0 Å². The molecule has 1 unspecified atom stereocenters. The summed E-state index contributed by atoms with van der Waals surface area (Å²) in [5.74, 6) is -0.0313. The first-order chi connectivity index (χ1) is 9.40. The summed E-state index contributed by atoms with van der Waals surface area (Å²) in [5.41, 5.74) is 5.59. The van der Waals surface area contributed by atoms with Crippen LogP contribution in [0.4, 0.5) is 0 Å². The zero-order valence-corrected chi connectivity index (χ0v) is 12.4. The molecule has 1 aromatic heterocycles. The van der Waals surface area contributed by atoms with E-state index in [1.165, 1.54) is 12.5 Å². The van der Waals surface area contributed by atoms with E-state index in [1.54, 1.807) is 11.6 Å². The van der Waals surface area contributed by atoms with Gasteiger partial charge in [-0.05, 0) is 18.8 Å². The molecule has 0 aromatic carbocycles. The third-order valence-electron chi connectivity index (χ3n) is 3.69. The smallest absolute Gasteiger partial charge is 0.260 e. The van der Waals surface area contributed by atoms with E-state index in [1.807, 2.05) is 0 Å². The highest BCUT2D eigenvalue weighted by Crippen LogP contribution is 2.27. The summed E-state index contributed by atoms with van der Waals surface area (Å²) in [7, 11) is -2.03. The molecule has 0 spiro atoms. The molecule has 7 nitrogen and oxygen atoms in total. The van der Waals surface area contributed by atoms with Crippen molar-refractivity contribution in [2.45, 2.75) is 43.2 Å². The van der Waals surface area contributed by atoms with E-state index in [4.69, 9.17) is 11.1 Å². The molecule has 4 N–H and O–H groups in total. The SMILES string of the molecule is Cn1cnc(S(=O)(=O)NC(C(=N)N)C2CCCCC2)c1. The molecule has 1 fully saturated rings. The highest BCUT2D eigenvalue weighted by molar-refractivity contribution is 7.89. The van der Waals surface area contributed by atoms with Crippen molar-refractivity contribution >= 4 is 15.9 Å². The molecule has 1 heterocycles. The van der Waals surface area contributed by atoms with Crippen molar-refractivity contribution in [3.05, 3.63) is 12.5 Å². The fourth-order valence-corrected chi connectivity index (χ4v) is 3.90. The van der Waals surface area contributed by atoms with Gasteiger partial charge in [-0.2, -0.15) is 4.72 Å². The summed E-state index contributed by atoms with van der Waals surface area (Å²) in [6.45, 7) is 0. The largest absolute Gasteiger partial charge is 0.386 e. The van der Waals surface area contributed by atoms with Crippen molar-refractivity contribution < 1.29 is 8.42 Å². The monoisotopic (exact) mass is 299 g/mol. The molecule has 112 valence electrons. The Morgan fingerprint density at radius 3 is 2.65 bits per heavy atom. The molecule has 1 aliphatic rings. The molecule has 1 saturated carbocycles. The van der Waals surface area contributed by atoms with E-state index < -0.39 is 16.1 Å². The van der Waals surface area contributed by atoms with Crippen LogP contribution in [-0.2, 0) is 17.1 Å². The third-order valence-corrected chi connectivity index (χ3v) is 5.02. The summed E-state index contributed by atoms with van der Waals surface area (Å²) >= 11 is 0. The molecule has 0 bridgehead atoms. The van der Waals surface area contributed by atoms with Gasteiger partial charge in [-0.25, -0.2) is 13.4 Å². The van der Waals surface area contributed by atoms with Gasteiger partial charge in [0.05, 0.1) is 12.4 Å². The Morgan fingerprint density at radius 2 is 2.15 bits per heavy atom. The maximum Gasteiger partial charge on any atom is 0.260 e. The van der Waals surface area contributed by atoms with E-state index in [0.717, 1.165) is 32.1 Å². The maximum absolute atomic E-state index is 12.3. The number of nitrogens with two attached hydrogens (primary N) is 1. The van der Waals surface area contributed by atoms with E-state index in [0.29, 0.717) is 0 Å². The lowest BCUT2D eigenvalue weighted by Gasteiger charge is -2.29. The van der Waals surface area contributed by atoms with E-state index in [9.17, 15) is 8.42 Å². The predicted molar refractivity (Wildman–Crippen MR) is 75.8 cm³/mol. The van der Waals surface area contributed by atoms with Crippen molar-refractivity contribution in [2.24, 2.45) is 18.7 Å². The Bertz CT molecular complexity index is 574. The quantitative estimate of drug-likeness (QED) is 0.545. The van der Waals surface area contributed by atoms with Crippen molar-refractivity contribution in [3.63, 3.8) is 0 Å². The van der Waals surface area contributed by atoms with Crippen molar-refractivity contribution in [1.29, 1.82) is 5.41 Å². The molecule has 1 atom stereocenters. The van der Waals surface area contributed by atoms with Gasteiger partial charge < -0.3 is 10.3 Å². The number of sulfonamides is 1. The van der Waals surface area contributed by atoms with Gasteiger partial charge in [0.2, 0.25) is 0 Å². The minimum absolute atomic E-state index is 0.0398. The average molecular weight is 299 g/mol. The highest BCUT2D eigenvalue weighted by atomic mass is 32.2. The zero-order valence-electron chi connectivity index (χ0n) is 11.5. The van der Waals surface area contributed by atoms with Gasteiger partial charge in [0.15, 0.2) is 5.03 Å². The fraction of sp³-hybridized carbons (Fsp3) is 0.667. The summed E-state index contributed by atoms with van der Waals surface area (Å²) in [6, 6.07) is -0.637. The number of nitrogens with zero attached hydrogens (tertiary/aromatic N) is 2. The van der Waals surface area contributed by atoms with E-state index in [-0.39, 0.29) is 16.8 Å². The number of imidazole rings is 1. The van der Waals surface area contributed by atoms with E-state index in [2.05, 4.69) is 9.71 Å². The number of aryl methyl sites for hydroxylation is 1. The molecule has 1 aromatic rings. The molecular formula is C12H21N5O2S. The summed E-state index contributed by atoms with van der Waals surface area (Å²) in [4.78, 5) is 3.85. The second-order valence-corrected chi connectivity index (χ2v) is 6.99. The zero-order chi connectivity index (χ0) is 14.8. The first kappa shape index (κ1) is 15.0. The average Bonchev–Trinajstić information content (AvgIpc) is 2.84. The Kier molecular flexibility index (Phi) is 4.44. The lowest BCUT2D eigenvalue weighted by atomic mass is 9.84. The minimum atomic E-state index is -3.74. The number of rotatable bonds is 5. The first-order valence-electron chi connectivity index (χ1n) is 6.74. The number of amidine groups is 1. The third kappa shape index (κ3) is 3.37. The molecule has 8 heteroatoms. The summed E-state index contributed by atoms with van der Waals surface area (Å²) in [6.07, 6.45) is 7.93. The molecule has 1 aliphatic carbocycles. The van der Waals surface area contributed by atoms with Gasteiger partial charge in [-0.3, -0.25) is 5.41 Å². The van der Waals surface area contributed by atoms with Gasteiger partial charge in [-0.1, -0.05) is 19.3 Å². The minimum Gasteiger partial charge on any atom is -0.386 e. The molecular weight excluding hydrogens is 278 g/mol. The number of hydrogen-bond acceptors (Lipinski definition) is 4. The van der Waals surface area contributed by atoms with Crippen molar-refractivity contribution in [2.75, 3.05) is 0 Å². The van der Waals surface area contributed by atoms with Crippen LogP contribution in [-0.4, -0.2) is 29.8 Å². The number of nitrogens with one attached hydrogen (secondary N) is 2. The predicted octanol–water partition coefficient (Wildman–Crippen LogP) is 0.583. The van der Waals surface area contributed by atoms with Gasteiger partial charge >= 0.3 is 0 Å². The second kappa shape index (κ2) is 5.92. The Labute approximate surface area is 119 Å². The molecule has 0 radical (unpaired) electrons. The second-order valence-electron chi connectivity index (χ2n) is 5.33. The normalized spacial score (nSPS) is 18.9. The Balaban J connectivity index is 2.17. The van der Waals surface area contributed by atoms with Crippen LogP contribution in [0.1, 0.15) is 32.1 Å². The van der Waals surface area contributed by atoms with Crippen LogP contribution in [0.2, 0.25) is 0 Å². The molecule has 0 amide bonds. The van der Waals surface area contributed by atoms with Crippen molar-refractivity contribution in [1.82, 2.24) is 14.3 Å². The van der Waals surface area contributed by atoms with Crippen LogP contribution >= 0.6 is 0 Å². The molecule has 0 aliphatic heterocycles. The van der Waals surface area contributed by atoms with E-state index >= 15 is 0 Å². The van der Waals surface area contributed by atoms with Crippen LogP contribution < -0.4 is 10.5 Å². The molecule has 0 saturated heterocycles. The van der Waals surface area contributed by atoms with Crippen LogP contribution in [0.15, 0.2) is 17.6 Å².